The molecular formula is C16H26ClN3O3S. The molecule has 0 spiro atoms. The van der Waals surface area contributed by atoms with Crippen molar-refractivity contribution in [3.63, 3.8) is 0 Å². The first-order valence-corrected chi connectivity index (χ1v) is 9.78. The maximum absolute atomic E-state index is 12.6. The predicted octanol–water partition coefficient (Wildman–Crippen LogP) is 2.05. The molecule has 0 radical (unpaired) electrons. The van der Waals surface area contributed by atoms with Crippen LogP contribution in [-0.2, 0) is 10.0 Å². The summed E-state index contributed by atoms with van der Waals surface area (Å²) in [5.41, 5.74) is 0.287. The van der Waals surface area contributed by atoms with Crippen LogP contribution in [0.4, 0.5) is 0 Å². The molecule has 0 aliphatic carbocycles. The van der Waals surface area contributed by atoms with Gasteiger partial charge in [-0.25, -0.2) is 8.42 Å². The van der Waals surface area contributed by atoms with Crippen molar-refractivity contribution in [3.05, 3.63) is 28.8 Å². The van der Waals surface area contributed by atoms with Gasteiger partial charge in [0.15, 0.2) is 0 Å². The number of carbonyl (C=O) groups excluding carboxylic acids is 1. The molecule has 0 saturated heterocycles. The van der Waals surface area contributed by atoms with Gasteiger partial charge in [-0.3, -0.25) is 4.79 Å². The second-order valence-corrected chi connectivity index (χ2v) is 7.96. The number of carbonyl (C=O) groups is 1. The van der Waals surface area contributed by atoms with E-state index in [1.807, 2.05) is 19.0 Å². The highest BCUT2D eigenvalue weighted by Gasteiger charge is 2.25. The normalized spacial score (nSPS) is 12.0. The maximum atomic E-state index is 12.6. The summed E-state index contributed by atoms with van der Waals surface area (Å²) < 4.78 is 26.6. The lowest BCUT2D eigenvalue weighted by Gasteiger charge is -2.19. The van der Waals surface area contributed by atoms with Crippen molar-refractivity contribution in [2.24, 2.45) is 0 Å². The van der Waals surface area contributed by atoms with Crippen LogP contribution in [0, 0.1) is 0 Å². The third-order valence-corrected chi connectivity index (χ3v) is 6.12. The van der Waals surface area contributed by atoms with E-state index in [2.05, 4.69) is 5.32 Å². The molecule has 0 saturated carbocycles. The molecule has 8 heteroatoms. The Balaban J connectivity index is 2.95. The van der Waals surface area contributed by atoms with Crippen molar-refractivity contribution in [1.82, 2.24) is 14.5 Å². The molecule has 136 valence electrons. The van der Waals surface area contributed by atoms with Gasteiger partial charge in [0.25, 0.3) is 5.91 Å². The fraction of sp³-hybridized carbons (Fsp3) is 0.562. The summed E-state index contributed by atoms with van der Waals surface area (Å²) in [6.45, 7) is 5.60. The topological polar surface area (TPSA) is 69.7 Å². The predicted molar refractivity (Wildman–Crippen MR) is 97.1 cm³/mol. The number of amides is 1. The Kier molecular flexibility index (Phi) is 8.15. The Morgan fingerprint density at radius 1 is 1.21 bits per heavy atom. The Morgan fingerprint density at radius 2 is 1.83 bits per heavy atom. The van der Waals surface area contributed by atoms with Gasteiger partial charge in [0.2, 0.25) is 10.0 Å². The van der Waals surface area contributed by atoms with Crippen molar-refractivity contribution in [1.29, 1.82) is 0 Å². The molecule has 0 aromatic heterocycles. The van der Waals surface area contributed by atoms with E-state index >= 15 is 0 Å². The van der Waals surface area contributed by atoms with Gasteiger partial charge < -0.3 is 10.2 Å². The smallest absolute Gasteiger partial charge is 0.251 e. The molecule has 1 amide bonds. The average molecular weight is 376 g/mol. The summed E-state index contributed by atoms with van der Waals surface area (Å²) in [7, 11) is 0.218. The summed E-state index contributed by atoms with van der Waals surface area (Å²) in [5.74, 6) is -0.304. The number of halogens is 1. The van der Waals surface area contributed by atoms with E-state index in [4.69, 9.17) is 11.6 Å². The standard InChI is InChI=1S/C16H26ClN3O3S/c1-5-20(6-2)24(22,23)15-12-13(8-9-14(15)17)16(21)18-10-7-11-19(3)4/h8-9,12H,5-7,10-11H2,1-4H3,(H,18,21). The van der Waals surface area contributed by atoms with E-state index < -0.39 is 10.0 Å². The lowest BCUT2D eigenvalue weighted by atomic mass is 10.2. The van der Waals surface area contributed by atoms with Crippen LogP contribution >= 0.6 is 11.6 Å². The van der Waals surface area contributed by atoms with Crippen LogP contribution in [0.5, 0.6) is 0 Å². The highest BCUT2D eigenvalue weighted by atomic mass is 35.5. The molecule has 1 aromatic carbocycles. The number of hydrogen-bond acceptors (Lipinski definition) is 4. The van der Waals surface area contributed by atoms with Crippen LogP contribution in [0.15, 0.2) is 23.1 Å². The molecule has 0 aliphatic heterocycles. The molecule has 0 bridgehead atoms. The molecule has 0 unspecified atom stereocenters. The Hall–Kier alpha value is -1.15. The summed E-state index contributed by atoms with van der Waals surface area (Å²) in [4.78, 5) is 14.2. The molecule has 24 heavy (non-hydrogen) atoms. The summed E-state index contributed by atoms with van der Waals surface area (Å²) >= 11 is 6.06. The minimum Gasteiger partial charge on any atom is -0.352 e. The van der Waals surface area contributed by atoms with E-state index in [-0.39, 0.29) is 21.4 Å². The summed E-state index contributed by atoms with van der Waals surface area (Å²) in [6.07, 6.45) is 0.816. The number of nitrogens with one attached hydrogen (secondary N) is 1. The van der Waals surface area contributed by atoms with Crippen LogP contribution in [0.3, 0.4) is 0 Å². The number of rotatable bonds is 9. The number of nitrogens with zero attached hydrogens (tertiary/aromatic N) is 2. The van der Waals surface area contributed by atoms with Crippen molar-refractivity contribution in [2.75, 3.05) is 40.3 Å². The summed E-state index contributed by atoms with van der Waals surface area (Å²) in [5, 5.41) is 2.91. The molecular weight excluding hydrogens is 350 g/mol. The van der Waals surface area contributed by atoms with E-state index in [1.165, 1.54) is 22.5 Å². The highest BCUT2D eigenvalue weighted by molar-refractivity contribution is 7.89. The zero-order chi connectivity index (χ0) is 18.3. The van der Waals surface area contributed by atoms with Crippen molar-refractivity contribution in [2.45, 2.75) is 25.2 Å². The molecule has 1 N–H and O–H groups in total. The van der Waals surface area contributed by atoms with Crippen LogP contribution in [0.1, 0.15) is 30.6 Å². The average Bonchev–Trinajstić information content (AvgIpc) is 2.52. The minimum absolute atomic E-state index is 0.0335. The second-order valence-electron chi connectivity index (χ2n) is 5.65. The quantitative estimate of drug-likeness (QED) is 0.670. The van der Waals surface area contributed by atoms with Gasteiger partial charge in [0.1, 0.15) is 4.90 Å². The Bertz CT molecular complexity index is 659. The largest absolute Gasteiger partial charge is 0.352 e. The fourth-order valence-electron chi connectivity index (χ4n) is 2.24. The van der Waals surface area contributed by atoms with Gasteiger partial charge in [-0.2, -0.15) is 4.31 Å². The van der Waals surface area contributed by atoms with Gasteiger partial charge in [-0.1, -0.05) is 25.4 Å². The van der Waals surface area contributed by atoms with Crippen molar-refractivity contribution in [3.8, 4) is 0 Å². The number of benzene rings is 1. The lowest BCUT2D eigenvalue weighted by Crippen LogP contribution is -2.31. The van der Waals surface area contributed by atoms with Crippen molar-refractivity contribution >= 4 is 27.5 Å². The zero-order valence-electron chi connectivity index (χ0n) is 14.7. The van der Waals surface area contributed by atoms with Gasteiger partial charge in [-0.15, -0.1) is 0 Å². The monoisotopic (exact) mass is 375 g/mol. The van der Waals surface area contributed by atoms with Crippen LogP contribution in [0.25, 0.3) is 0 Å². The Morgan fingerprint density at radius 3 is 2.38 bits per heavy atom. The van der Waals surface area contributed by atoms with Crippen LogP contribution in [-0.4, -0.2) is 63.8 Å². The zero-order valence-corrected chi connectivity index (χ0v) is 16.2. The molecule has 1 rings (SSSR count). The number of hydrogen-bond donors (Lipinski definition) is 1. The molecule has 0 heterocycles. The minimum atomic E-state index is -3.71. The van der Waals surface area contributed by atoms with Crippen LogP contribution in [0.2, 0.25) is 5.02 Å². The summed E-state index contributed by atoms with van der Waals surface area (Å²) in [6, 6.07) is 4.33. The first kappa shape index (κ1) is 20.9. The van der Waals surface area contributed by atoms with Gasteiger partial charge in [-0.05, 0) is 45.3 Å². The third kappa shape index (κ3) is 5.44. The van der Waals surface area contributed by atoms with E-state index in [1.54, 1.807) is 13.8 Å². The molecule has 6 nitrogen and oxygen atoms in total. The maximum Gasteiger partial charge on any atom is 0.251 e. The Labute approximate surface area is 149 Å². The fourth-order valence-corrected chi connectivity index (χ4v) is 4.20. The first-order chi connectivity index (χ1) is 11.2. The molecule has 0 atom stereocenters. The van der Waals surface area contributed by atoms with Gasteiger partial charge >= 0.3 is 0 Å². The van der Waals surface area contributed by atoms with E-state index in [9.17, 15) is 13.2 Å². The number of sulfonamides is 1. The van der Waals surface area contributed by atoms with Crippen LogP contribution < -0.4 is 5.32 Å². The molecule has 1 aromatic rings. The highest BCUT2D eigenvalue weighted by Crippen LogP contribution is 2.25. The second kappa shape index (κ2) is 9.36. The van der Waals surface area contributed by atoms with Gasteiger partial charge in [0, 0.05) is 25.2 Å². The molecule has 0 fully saturated rings. The van der Waals surface area contributed by atoms with Gasteiger partial charge in [0.05, 0.1) is 5.02 Å². The van der Waals surface area contributed by atoms with E-state index in [0.29, 0.717) is 19.6 Å². The SMILES string of the molecule is CCN(CC)S(=O)(=O)c1cc(C(=O)NCCCN(C)C)ccc1Cl. The lowest BCUT2D eigenvalue weighted by molar-refractivity contribution is 0.0952. The molecule has 0 aliphatic rings. The van der Waals surface area contributed by atoms with Crippen molar-refractivity contribution < 1.29 is 13.2 Å². The third-order valence-electron chi connectivity index (χ3n) is 3.58. The first-order valence-electron chi connectivity index (χ1n) is 7.96. The van der Waals surface area contributed by atoms with E-state index in [0.717, 1.165) is 13.0 Å².